The third kappa shape index (κ3) is 5.28. The molecule has 11 aromatic carbocycles. The highest BCUT2D eigenvalue weighted by Crippen LogP contribution is 2.63. The van der Waals surface area contributed by atoms with Crippen LogP contribution in [0.5, 0.6) is 0 Å². The number of hydrogen-bond acceptors (Lipinski definition) is 0. The molecule has 11 aromatic rings. The Bertz CT molecular complexity index is 3530. The van der Waals surface area contributed by atoms with Crippen LogP contribution in [0.15, 0.2) is 231 Å². The molecule has 0 N–H and O–H groups in total. The van der Waals surface area contributed by atoms with Crippen LogP contribution in [-0.2, 0) is 5.41 Å². The molecule has 1 spiro atoms. The molecular weight excluding hydrogens is 757 g/mol. The van der Waals surface area contributed by atoms with Crippen LogP contribution < -0.4 is 0 Å². The first-order valence-electron chi connectivity index (χ1n) is 22.0. The van der Waals surface area contributed by atoms with Gasteiger partial charge in [0.05, 0.1) is 5.41 Å². The average Bonchev–Trinajstić information content (AvgIpc) is 3.82. The fraction of sp³-hybridized carbons (Fsp3) is 0.0159. The third-order valence-corrected chi connectivity index (χ3v) is 13.9. The lowest BCUT2D eigenvalue weighted by Gasteiger charge is -2.30. The first-order chi connectivity index (χ1) is 31.3. The van der Waals surface area contributed by atoms with Gasteiger partial charge in [-0.15, -0.1) is 0 Å². The Labute approximate surface area is 367 Å². The van der Waals surface area contributed by atoms with Gasteiger partial charge in [-0.2, -0.15) is 0 Å². The maximum atomic E-state index is 2.53. The monoisotopic (exact) mass is 796 g/mol. The maximum Gasteiger partial charge on any atom is 0.0725 e. The summed E-state index contributed by atoms with van der Waals surface area (Å²) >= 11 is 0. The average molecular weight is 797 g/mol. The largest absolute Gasteiger partial charge is 0.0725 e. The number of hydrogen-bond donors (Lipinski definition) is 0. The number of fused-ring (bicyclic) bond motifs is 13. The molecular formula is C63H40. The van der Waals surface area contributed by atoms with Crippen molar-refractivity contribution in [3.63, 3.8) is 0 Å². The van der Waals surface area contributed by atoms with Crippen LogP contribution in [0.25, 0.3) is 100 Å². The zero-order chi connectivity index (χ0) is 41.5. The fourth-order valence-electron chi connectivity index (χ4n) is 11.2. The Hall–Kier alpha value is -8.06. The summed E-state index contributed by atoms with van der Waals surface area (Å²) in [5.74, 6) is 0. The molecule has 0 unspecified atom stereocenters. The van der Waals surface area contributed by atoms with Gasteiger partial charge in [0, 0.05) is 0 Å². The molecule has 2 aliphatic carbocycles. The Morgan fingerprint density at radius 1 is 0.254 bits per heavy atom. The van der Waals surface area contributed by atoms with Crippen LogP contribution in [0.4, 0.5) is 0 Å². The molecule has 0 heteroatoms. The minimum atomic E-state index is -0.391. The van der Waals surface area contributed by atoms with Gasteiger partial charge in [0.25, 0.3) is 0 Å². The summed E-state index contributed by atoms with van der Waals surface area (Å²) in [5.41, 5.74) is 20.2. The predicted molar refractivity (Wildman–Crippen MR) is 267 cm³/mol. The summed E-state index contributed by atoms with van der Waals surface area (Å²) in [7, 11) is 0. The van der Waals surface area contributed by atoms with E-state index in [1.54, 1.807) is 0 Å². The quantitative estimate of drug-likeness (QED) is 0.120. The van der Waals surface area contributed by atoms with Gasteiger partial charge in [-0.05, 0) is 127 Å². The van der Waals surface area contributed by atoms with Crippen molar-refractivity contribution in [3.05, 3.63) is 264 Å². The van der Waals surface area contributed by atoms with Gasteiger partial charge in [-0.1, -0.05) is 237 Å². The Morgan fingerprint density at radius 2 is 0.635 bits per heavy atom. The lowest BCUT2D eigenvalue weighted by Crippen LogP contribution is -2.25. The van der Waals surface area contributed by atoms with Gasteiger partial charge in [0.2, 0.25) is 0 Å². The molecule has 0 heterocycles. The highest BCUT2D eigenvalue weighted by atomic mass is 14.5. The van der Waals surface area contributed by atoms with Crippen LogP contribution in [-0.4, -0.2) is 0 Å². The van der Waals surface area contributed by atoms with Crippen molar-refractivity contribution in [2.75, 3.05) is 0 Å². The number of benzene rings is 11. The van der Waals surface area contributed by atoms with Crippen LogP contribution in [0.3, 0.4) is 0 Å². The smallest absolute Gasteiger partial charge is 0.0619 e. The first-order valence-corrected chi connectivity index (χ1v) is 22.0. The van der Waals surface area contributed by atoms with Gasteiger partial charge in [-0.3, -0.25) is 0 Å². The van der Waals surface area contributed by atoms with Crippen LogP contribution in [0, 0.1) is 0 Å². The second-order valence-electron chi connectivity index (χ2n) is 17.1. The molecule has 0 nitrogen and oxygen atoms in total. The maximum absolute atomic E-state index is 2.53. The molecule has 0 fully saturated rings. The Balaban J connectivity index is 0.908. The molecule has 0 amide bonds. The van der Waals surface area contributed by atoms with E-state index in [9.17, 15) is 0 Å². The van der Waals surface area contributed by atoms with Gasteiger partial charge in [0.15, 0.2) is 0 Å². The summed E-state index contributed by atoms with van der Waals surface area (Å²) in [4.78, 5) is 0. The summed E-state index contributed by atoms with van der Waals surface area (Å²) < 4.78 is 0. The lowest BCUT2D eigenvalue weighted by molar-refractivity contribution is 0.794. The summed E-state index contributed by atoms with van der Waals surface area (Å²) in [6, 6.07) is 85.7. The highest BCUT2D eigenvalue weighted by molar-refractivity contribution is 6.21. The second-order valence-corrected chi connectivity index (χ2v) is 17.1. The van der Waals surface area contributed by atoms with Crippen molar-refractivity contribution in [2.45, 2.75) is 5.41 Å². The van der Waals surface area contributed by atoms with Gasteiger partial charge in [0.1, 0.15) is 0 Å². The zero-order valence-electron chi connectivity index (χ0n) is 34.6. The molecule has 0 aliphatic heterocycles. The lowest BCUT2D eigenvalue weighted by atomic mass is 9.70. The van der Waals surface area contributed by atoms with Crippen molar-refractivity contribution >= 4 is 44.5 Å². The van der Waals surface area contributed by atoms with E-state index in [0.29, 0.717) is 0 Å². The summed E-state index contributed by atoms with van der Waals surface area (Å²) in [6.07, 6.45) is 4.43. The fourth-order valence-corrected chi connectivity index (χ4v) is 11.2. The Morgan fingerprint density at radius 3 is 1.17 bits per heavy atom. The van der Waals surface area contributed by atoms with E-state index in [1.807, 2.05) is 0 Å². The minimum absolute atomic E-state index is 0.391. The predicted octanol–water partition coefficient (Wildman–Crippen LogP) is 16.7. The second kappa shape index (κ2) is 14.0. The van der Waals surface area contributed by atoms with E-state index in [2.05, 4.69) is 243 Å². The molecule has 13 rings (SSSR count). The summed E-state index contributed by atoms with van der Waals surface area (Å²) in [5, 5.41) is 7.59. The Kier molecular flexibility index (Phi) is 7.92. The minimum Gasteiger partial charge on any atom is -0.0619 e. The van der Waals surface area contributed by atoms with Crippen LogP contribution in [0.2, 0.25) is 0 Å². The molecule has 0 bridgehead atoms. The van der Waals surface area contributed by atoms with Crippen molar-refractivity contribution in [3.8, 4) is 55.6 Å². The molecule has 63 heavy (non-hydrogen) atoms. The molecule has 0 atom stereocenters. The van der Waals surface area contributed by atoms with Crippen LogP contribution in [0.1, 0.15) is 33.4 Å². The topological polar surface area (TPSA) is 0 Å². The SMILES string of the molecule is C(=Cc1ccc(-c2c3ccccc3c(-c3ccc4c(c3)C3(c5ccccc5-c5ccccc53)c3ccccc3-4)c3ccccc23)cc1)c1ccc(-c2cccc3ccccc23)cc1. The van der Waals surface area contributed by atoms with Crippen molar-refractivity contribution in [2.24, 2.45) is 0 Å². The molecule has 0 saturated heterocycles. The van der Waals surface area contributed by atoms with Crippen molar-refractivity contribution < 1.29 is 0 Å². The number of rotatable bonds is 5. The summed E-state index contributed by atoms with van der Waals surface area (Å²) in [6.45, 7) is 0. The molecule has 0 aromatic heterocycles. The van der Waals surface area contributed by atoms with Crippen LogP contribution >= 0.6 is 0 Å². The van der Waals surface area contributed by atoms with E-state index in [1.165, 1.54) is 121 Å². The molecule has 292 valence electrons. The molecule has 2 aliphatic rings. The molecule has 0 saturated carbocycles. The first kappa shape index (κ1) is 35.7. The third-order valence-electron chi connectivity index (χ3n) is 13.9. The van der Waals surface area contributed by atoms with E-state index in [-0.39, 0.29) is 0 Å². The van der Waals surface area contributed by atoms with Gasteiger partial charge < -0.3 is 0 Å². The van der Waals surface area contributed by atoms with Crippen molar-refractivity contribution in [1.29, 1.82) is 0 Å². The van der Waals surface area contributed by atoms with E-state index in [4.69, 9.17) is 0 Å². The zero-order valence-corrected chi connectivity index (χ0v) is 34.6. The van der Waals surface area contributed by atoms with E-state index >= 15 is 0 Å². The normalized spacial score (nSPS) is 13.1. The molecule has 0 radical (unpaired) electrons. The van der Waals surface area contributed by atoms with Gasteiger partial charge in [-0.25, -0.2) is 0 Å². The van der Waals surface area contributed by atoms with Crippen molar-refractivity contribution in [1.82, 2.24) is 0 Å². The highest BCUT2D eigenvalue weighted by Gasteiger charge is 2.51. The van der Waals surface area contributed by atoms with E-state index in [0.717, 1.165) is 0 Å². The standard InChI is InChI=1S/C63H40/c1-2-16-47-43(14-1)15-13-24-48(47)44-34-30-41(31-35-44)28-29-42-32-36-45(37-33-42)61-53-20-3-5-22-55(53)62(56-23-6-4-21-54(56)61)46-38-39-52-51-19-9-12-27-59(51)63(60(52)40-46)57-25-10-7-17-49(57)50-18-8-11-26-58(50)63/h1-40H. The van der Waals surface area contributed by atoms with Gasteiger partial charge >= 0.3 is 0 Å². The van der Waals surface area contributed by atoms with E-state index < -0.39 is 5.41 Å².